The van der Waals surface area contributed by atoms with Crippen molar-refractivity contribution in [2.24, 2.45) is 0 Å². The lowest BCUT2D eigenvalue weighted by Gasteiger charge is -2.40. The molecule has 0 aromatic heterocycles. The number of hydrogen-bond acceptors (Lipinski definition) is 2. The van der Waals surface area contributed by atoms with Crippen LogP contribution in [-0.4, -0.2) is 19.6 Å². The summed E-state index contributed by atoms with van der Waals surface area (Å²) in [6.45, 7) is 0.543. The molecule has 1 aliphatic carbocycles. The Bertz CT molecular complexity index is 708. The molecule has 1 N–H and O–H groups in total. The summed E-state index contributed by atoms with van der Waals surface area (Å²) in [4.78, 5) is 12.7. The zero-order chi connectivity index (χ0) is 17.0. The summed E-state index contributed by atoms with van der Waals surface area (Å²) < 4.78 is 19.3. The van der Waals surface area contributed by atoms with Gasteiger partial charge in [-0.3, -0.25) is 4.79 Å². The SMILES string of the molecule is COc1ccc(CCNC(=O)C2(c3ccccc3F)CCC2)cc1. The van der Waals surface area contributed by atoms with Crippen LogP contribution in [0.25, 0.3) is 0 Å². The molecular weight excluding hydrogens is 305 g/mol. The van der Waals surface area contributed by atoms with E-state index in [-0.39, 0.29) is 11.7 Å². The Kier molecular flexibility index (Phi) is 4.84. The fourth-order valence-corrected chi connectivity index (χ4v) is 3.28. The van der Waals surface area contributed by atoms with Crippen LogP contribution < -0.4 is 10.1 Å². The first-order chi connectivity index (χ1) is 11.7. The van der Waals surface area contributed by atoms with Crippen LogP contribution in [0.2, 0.25) is 0 Å². The normalized spacial score (nSPS) is 15.4. The molecule has 1 amide bonds. The minimum absolute atomic E-state index is 0.0626. The highest BCUT2D eigenvalue weighted by atomic mass is 19.1. The summed E-state index contributed by atoms with van der Waals surface area (Å²) >= 11 is 0. The molecule has 0 bridgehead atoms. The molecule has 24 heavy (non-hydrogen) atoms. The van der Waals surface area contributed by atoms with Crippen LogP contribution in [0.5, 0.6) is 5.75 Å². The molecule has 1 aliphatic rings. The Morgan fingerprint density at radius 1 is 1.17 bits per heavy atom. The standard InChI is InChI=1S/C20H22FNO2/c1-24-16-9-7-15(8-10-16)11-14-22-19(23)20(12-4-13-20)17-5-2-3-6-18(17)21/h2-3,5-10H,4,11-14H2,1H3,(H,22,23). The predicted molar refractivity (Wildman–Crippen MR) is 91.6 cm³/mol. The summed E-state index contributed by atoms with van der Waals surface area (Å²) in [7, 11) is 1.63. The average Bonchev–Trinajstić information content (AvgIpc) is 2.56. The second kappa shape index (κ2) is 7.04. The summed E-state index contributed by atoms with van der Waals surface area (Å²) in [5.74, 6) is 0.464. The molecule has 0 atom stereocenters. The molecule has 2 aromatic carbocycles. The maximum atomic E-state index is 14.1. The van der Waals surface area contributed by atoms with Crippen molar-refractivity contribution in [2.45, 2.75) is 31.1 Å². The van der Waals surface area contributed by atoms with E-state index in [4.69, 9.17) is 4.74 Å². The Morgan fingerprint density at radius 2 is 1.88 bits per heavy atom. The molecule has 1 fully saturated rings. The van der Waals surface area contributed by atoms with Gasteiger partial charge in [-0.1, -0.05) is 36.8 Å². The maximum absolute atomic E-state index is 14.1. The molecule has 0 aliphatic heterocycles. The predicted octanol–water partition coefficient (Wildman–Crippen LogP) is 3.61. The zero-order valence-electron chi connectivity index (χ0n) is 13.8. The third-order valence-electron chi connectivity index (χ3n) is 4.89. The van der Waals surface area contributed by atoms with Crippen LogP contribution in [0, 0.1) is 5.82 Å². The number of carbonyl (C=O) groups is 1. The number of rotatable bonds is 6. The molecule has 126 valence electrons. The number of amides is 1. The van der Waals surface area contributed by atoms with Crippen LogP contribution in [0.15, 0.2) is 48.5 Å². The molecule has 3 nitrogen and oxygen atoms in total. The van der Waals surface area contributed by atoms with Gasteiger partial charge in [-0.15, -0.1) is 0 Å². The fourth-order valence-electron chi connectivity index (χ4n) is 3.28. The van der Waals surface area contributed by atoms with Gasteiger partial charge in [-0.05, 0) is 43.0 Å². The topological polar surface area (TPSA) is 38.3 Å². The minimum Gasteiger partial charge on any atom is -0.497 e. The maximum Gasteiger partial charge on any atom is 0.230 e. The summed E-state index contributed by atoms with van der Waals surface area (Å²) in [6, 6.07) is 14.4. The second-order valence-corrected chi connectivity index (χ2v) is 6.27. The van der Waals surface area contributed by atoms with E-state index in [1.165, 1.54) is 6.07 Å². The van der Waals surface area contributed by atoms with Crippen molar-refractivity contribution >= 4 is 5.91 Å². The molecule has 3 rings (SSSR count). The molecule has 1 saturated carbocycles. The van der Waals surface area contributed by atoms with E-state index in [1.807, 2.05) is 24.3 Å². The largest absolute Gasteiger partial charge is 0.497 e. The zero-order valence-corrected chi connectivity index (χ0v) is 13.8. The number of nitrogens with one attached hydrogen (secondary N) is 1. The Morgan fingerprint density at radius 3 is 2.46 bits per heavy atom. The van der Waals surface area contributed by atoms with E-state index in [0.29, 0.717) is 24.9 Å². The van der Waals surface area contributed by atoms with Gasteiger partial charge in [0.05, 0.1) is 12.5 Å². The van der Waals surface area contributed by atoms with Gasteiger partial charge >= 0.3 is 0 Å². The minimum atomic E-state index is -0.689. The Labute approximate surface area is 141 Å². The van der Waals surface area contributed by atoms with Gasteiger partial charge in [-0.2, -0.15) is 0 Å². The van der Waals surface area contributed by atoms with Crippen molar-refractivity contribution in [3.63, 3.8) is 0 Å². The van der Waals surface area contributed by atoms with E-state index in [0.717, 1.165) is 24.2 Å². The van der Waals surface area contributed by atoms with E-state index in [2.05, 4.69) is 5.32 Å². The number of hydrogen-bond donors (Lipinski definition) is 1. The van der Waals surface area contributed by atoms with Crippen LogP contribution in [0.4, 0.5) is 4.39 Å². The van der Waals surface area contributed by atoms with Crippen molar-refractivity contribution < 1.29 is 13.9 Å². The molecule has 0 saturated heterocycles. The number of benzene rings is 2. The Hall–Kier alpha value is -2.36. The lowest BCUT2D eigenvalue weighted by Crippen LogP contribution is -2.50. The highest BCUT2D eigenvalue weighted by Gasteiger charge is 2.46. The van der Waals surface area contributed by atoms with Gasteiger partial charge in [0.15, 0.2) is 0 Å². The first kappa shape index (κ1) is 16.5. The van der Waals surface area contributed by atoms with Gasteiger partial charge < -0.3 is 10.1 Å². The van der Waals surface area contributed by atoms with E-state index in [1.54, 1.807) is 25.3 Å². The highest BCUT2D eigenvalue weighted by molar-refractivity contribution is 5.89. The summed E-state index contributed by atoms with van der Waals surface area (Å²) in [5.41, 5.74) is 0.966. The van der Waals surface area contributed by atoms with Crippen molar-refractivity contribution in [2.75, 3.05) is 13.7 Å². The fraction of sp³-hybridized carbons (Fsp3) is 0.350. The van der Waals surface area contributed by atoms with Crippen LogP contribution >= 0.6 is 0 Å². The third kappa shape index (κ3) is 3.14. The lowest BCUT2D eigenvalue weighted by atomic mass is 9.63. The monoisotopic (exact) mass is 327 g/mol. The van der Waals surface area contributed by atoms with E-state index < -0.39 is 5.41 Å². The van der Waals surface area contributed by atoms with Crippen LogP contribution in [0.1, 0.15) is 30.4 Å². The first-order valence-electron chi connectivity index (χ1n) is 8.32. The van der Waals surface area contributed by atoms with Gasteiger partial charge in [-0.25, -0.2) is 4.39 Å². The van der Waals surface area contributed by atoms with Gasteiger partial charge in [0.1, 0.15) is 11.6 Å². The number of carbonyl (C=O) groups excluding carboxylic acids is 1. The van der Waals surface area contributed by atoms with E-state index in [9.17, 15) is 9.18 Å². The number of halogens is 1. The van der Waals surface area contributed by atoms with E-state index >= 15 is 0 Å². The van der Waals surface area contributed by atoms with Crippen molar-refractivity contribution in [3.8, 4) is 5.75 Å². The van der Waals surface area contributed by atoms with Gasteiger partial charge in [0, 0.05) is 12.1 Å². The molecule has 0 unspecified atom stereocenters. The van der Waals surface area contributed by atoms with Crippen molar-refractivity contribution in [3.05, 3.63) is 65.5 Å². The Balaban J connectivity index is 1.62. The molecular formula is C20H22FNO2. The quantitative estimate of drug-likeness (QED) is 0.880. The number of methoxy groups -OCH3 is 1. The van der Waals surface area contributed by atoms with Crippen LogP contribution in [0.3, 0.4) is 0 Å². The highest BCUT2D eigenvalue weighted by Crippen LogP contribution is 2.44. The van der Waals surface area contributed by atoms with Gasteiger partial charge in [0.2, 0.25) is 5.91 Å². The summed E-state index contributed by atoms with van der Waals surface area (Å²) in [5, 5.41) is 2.99. The molecule has 0 heterocycles. The van der Waals surface area contributed by atoms with Crippen molar-refractivity contribution in [1.82, 2.24) is 5.32 Å². The smallest absolute Gasteiger partial charge is 0.230 e. The molecule has 4 heteroatoms. The second-order valence-electron chi connectivity index (χ2n) is 6.27. The summed E-state index contributed by atoms with van der Waals surface area (Å²) in [6.07, 6.45) is 3.12. The molecule has 0 radical (unpaired) electrons. The van der Waals surface area contributed by atoms with Crippen molar-refractivity contribution in [1.29, 1.82) is 0 Å². The lowest BCUT2D eigenvalue weighted by molar-refractivity contribution is -0.130. The van der Waals surface area contributed by atoms with Crippen LogP contribution in [-0.2, 0) is 16.6 Å². The van der Waals surface area contributed by atoms with Gasteiger partial charge in [0.25, 0.3) is 0 Å². The third-order valence-corrected chi connectivity index (χ3v) is 4.89. The molecule has 2 aromatic rings. The number of ether oxygens (including phenoxy) is 1. The average molecular weight is 327 g/mol. The molecule has 0 spiro atoms. The first-order valence-corrected chi connectivity index (χ1v) is 8.32.